The van der Waals surface area contributed by atoms with Crippen LogP contribution in [0.3, 0.4) is 0 Å². The second-order valence-electron chi connectivity index (χ2n) is 5.82. The molecule has 0 atom stereocenters. The summed E-state index contributed by atoms with van der Waals surface area (Å²) >= 11 is 5.83. The fourth-order valence-electron chi connectivity index (χ4n) is 2.92. The van der Waals surface area contributed by atoms with Crippen LogP contribution in [0.25, 0.3) is 11.1 Å². The molecule has 1 heterocycles. The molecule has 2 aromatic rings. The van der Waals surface area contributed by atoms with E-state index >= 15 is 0 Å². The molecular formula is C20H18ClN3O. The second-order valence-corrected chi connectivity index (χ2v) is 6.20. The number of nitrogens with zero attached hydrogens (tertiary/aromatic N) is 2. The Hall–Kier alpha value is -2.72. The molecule has 0 radical (unpaired) electrons. The number of hydrogen-bond donors (Lipinski definition) is 1. The summed E-state index contributed by atoms with van der Waals surface area (Å²) in [6.07, 6.45) is 0.557. The molecule has 3 rings (SSSR count). The topological polar surface area (TPSA) is 56.5 Å². The van der Waals surface area contributed by atoms with Crippen LogP contribution in [0.1, 0.15) is 16.8 Å². The van der Waals surface area contributed by atoms with E-state index in [1.54, 1.807) is 4.90 Å². The van der Waals surface area contributed by atoms with Crippen LogP contribution in [0.15, 0.2) is 70.9 Å². The van der Waals surface area contributed by atoms with Crippen molar-refractivity contribution in [3.63, 3.8) is 0 Å². The number of amides is 1. The lowest BCUT2D eigenvalue weighted by Gasteiger charge is -2.29. The lowest BCUT2D eigenvalue weighted by molar-refractivity contribution is 0.0766. The maximum Gasteiger partial charge on any atom is 0.254 e. The summed E-state index contributed by atoms with van der Waals surface area (Å²) in [5.41, 5.74) is 4.06. The Morgan fingerprint density at radius 2 is 1.72 bits per heavy atom. The molecule has 4 nitrogen and oxygen atoms in total. The van der Waals surface area contributed by atoms with Gasteiger partial charge in [0.15, 0.2) is 0 Å². The average molecular weight is 352 g/mol. The summed E-state index contributed by atoms with van der Waals surface area (Å²) in [6, 6.07) is 17.6. The SMILES string of the molecule is C=NC1=C(C(=N)Cl)CN(C(=O)c2ccc(-c3ccccc3)cc2)CC1. The Bertz CT molecular complexity index is 841. The molecule has 5 heteroatoms. The number of rotatable bonds is 4. The highest BCUT2D eigenvalue weighted by Crippen LogP contribution is 2.24. The molecule has 126 valence electrons. The highest BCUT2D eigenvalue weighted by atomic mass is 35.5. The van der Waals surface area contributed by atoms with Gasteiger partial charge in [-0.25, -0.2) is 0 Å². The lowest BCUT2D eigenvalue weighted by Crippen LogP contribution is -2.38. The van der Waals surface area contributed by atoms with E-state index in [-0.39, 0.29) is 17.6 Å². The third-order valence-electron chi connectivity index (χ3n) is 4.30. The predicted molar refractivity (Wildman–Crippen MR) is 103 cm³/mol. The maximum absolute atomic E-state index is 12.8. The Morgan fingerprint density at radius 3 is 2.32 bits per heavy atom. The van der Waals surface area contributed by atoms with Gasteiger partial charge in [-0.2, -0.15) is 0 Å². The van der Waals surface area contributed by atoms with Crippen molar-refractivity contribution in [1.82, 2.24) is 4.90 Å². The quantitative estimate of drug-likeness (QED) is 0.817. The molecule has 0 saturated heterocycles. The van der Waals surface area contributed by atoms with E-state index in [9.17, 15) is 4.79 Å². The number of carbonyl (C=O) groups excluding carboxylic acids is 1. The molecule has 1 aliphatic rings. The first kappa shape index (κ1) is 17.1. The number of halogens is 1. The predicted octanol–water partition coefficient (Wildman–Crippen LogP) is 4.37. The van der Waals surface area contributed by atoms with Crippen LogP contribution in [0.2, 0.25) is 0 Å². The number of nitrogens with one attached hydrogen (secondary N) is 1. The summed E-state index contributed by atoms with van der Waals surface area (Å²) < 4.78 is 0. The van der Waals surface area contributed by atoms with Gasteiger partial charge in [0.25, 0.3) is 5.91 Å². The first-order chi connectivity index (χ1) is 12.1. The van der Waals surface area contributed by atoms with E-state index in [1.165, 1.54) is 0 Å². The van der Waals surface area contributed by atoms with Gasteiger partial charge in [-0.15, -0.1) is 0 Å². The van der Waals surface area contributed by atoms with E-state index < -0.39 is 0 Å². The van der Waals surface area contributed by atoms with Crippen LogP contribution < -0.4 is 0 Å². The Labute approximate surface area is 152 Å². The largest absolute Gasteiger partial charge is 0.334 e. The van der Waals surface area contributed by atoms with Gasteiger partial charge >= 0.3 is 0 Å². The molecule has 25 heavy (non-hydrogen) atoms. The minimum Gasteiger partial charge on any atom is -0.334 e. The maximum atomic E-state index is 12.8. The molecule has 0 aliphatic carbocycles. The minimum atomic E-state index is -0.0840. The van der Waals surface area contributed by atoms with Gasteiger partial charge in [0.05, 0.1) is 6.54 Å². The van der Waals surface area contributed by atoms with E-state index in [1.807, 2.05) is 54.6 Å². The molecule has 0 aromatic heterocycles. The zero-order valence-electron chi connectivity index (χ0n) is 13.7. The van der Waals surface area contributed by atoms with Crippen molar-refractivity contribution in [2.24, 2.45) is 4.99 Å². The van der Waals surface area contributed by atoms with Gasteiger partial charge in [-0.1, -0.05) is 54.1 Å². The highest BCUT2D eigenvalue weighted by Gasteiger charge is 2.25. The van der Waals surface area contributed by atoms with Crippen molar-refractivity contribution in [1.29, 1.82) is 5.41 Å². The minimum absolute atomic E-state index is 0.0712. The van der Waals surface area contributed by atoms with Crippen LogP contribution in [-0.4, -0.2) is 35.8 Å². The van der Waals surface area contributed by atoms with E-state index in [0.717, 1.165) is 11.1 Å². The Kier molecular flexibility index (Phi) is 5.10. The number of carbonyl (C=O) groups is 1. The Morgan fingerprint density at radius 1 is 1.08 bits per heavy atom. The standard InChI is InChI=1S/C20H18ClN3O/c1-23-18-11-12-24(13-17(18)19(21)22)20(25)16-9-7-15(8-10-16)14-5-3-2-4-6-14/h2-10,22H,1,11-13H2. The van der Waals surface area contributed by atoms with Gasteiger partial charge < -0.3 is 4.90 Å². The molecule has 1 N–H and O–H groups in total. The van der Waals surface area contributed by atoms with Crippen LogP contribution in [-0.2, 0) is 0 Å². The van der Waals surface area contributed by atoms with Gasteiger partial charge in [0.1, 0.15) is 5.17 Å². The first-order valence-electron chi connectivity index (χ1n) is 7.98. The smallest absolute Gasteiger partial charge is 0.254 e. The highest BCUT2D eigenvalue weighted by molar-refractivity contribution is 6.68. The fourth-order valence-corrected chi connectivity index (χ4v) is 3.08. The summed E-state index contributed by atoms with van der Waals surface area (Å²) in [4.78, 5) is 18.4. The van der Waals surface area contributed by atoms with Crippen LogP contribution >= 0.6 is 11.6 Å². The number of hydrogen-bond acceptors (Lipinski definition) is 3. The normalized spacial score (nSPS) is 14.4. The lowest BCUT2D eigenvalue weighted by atomic mass is 10.0. The molecule has 0 bridgehead atoms. The van der Waals surface area contributed by atoms with Gasteiger partial charge in [-0.3, -0.25) is 15.2 Å². The molecule has 0 saturated carbocycles. The van der Waals surface area contributed by atoms with Crippen LogP contribution in [0.5, 0.6) is 0 Å². The van der Waals surface area contributed by atoms with E-state index in [0.29, 0.717) is 29.8 Å². The zero-order valence-corrected chi connectivity index (χ0v) is 14.5. The summed E-state index contributed by atoms with van der Waals surface area (Å²) in [5.74, 6) is -0.0712. The van der Waals surface area contributed by atoms with Crippen molar-refractivity contribution < 1.29 is 4.79 Å². The Balaban J connectivity index is 1.79. The number of aliphatic imine (C=N–C) groups is 1. The second kappa shape index (κ2) is 7.45. The van der Waals surface area contributed by atoms with Gasteiger partial charge in [-0.05, 0) is 30.0 Å². The number of benzene rings is 2. The van der Waals surface area contributed by atoms with Crippen molar-refractivity contribution in [2.75, 3.05) is 13.1 Å². The summed E-state index contributed by atoms with van der Waals surface area (Å²) in [6.45, 7) is 4.35. The molecular weight excluding hydrogens is 334 g/mol. The summed E-state index contributed by atoms with van der Waals surface area (Å²) in [5, 5.41) is 7.58. The fraction of sp³-hybridized carbons (Fsp3) is 0.150. The third-order valence-corrected chi connectivity index (χ3v) is 4.53. The first-order valence-corrected chi connectivity index (χ1v) is 8.36. The summed E-state index contributed by atoms with van der Waals surface area (Å²) in [7, 11) is 0. The zero-order chi connectivity index (χ0) is 17.8. The van der Waals surface area contributed by atoms with Crippen LogP contribution in [0.4, 0.5) is 0 Å². The molecule has 0 fully saturated rings. The van der Waals surface area contributed by atoms with Crippen molar-refractivity contribution in [3.8, 4) is 11.1 Å². The molecule has 0 unspecified atom stereocenters. The monoisotopic (exact) mass is 351 g/mol. The van der Waals surface area contributed by atoms with E-state index in [2.05, 4.69) is 11.7 Å². The van der Waals surface area contributed by atoms with Gasteiger partial charge in [0, 0.05) is 29.8 Å². The van der Waals surface area contributed by atoms with Gasteiger partial charge in [0.2, 0.25) is 0 Å². The molecule has 0 spiro atoms. The van der Waals surface area contributed by atoms with Crippen molar-refractivity contribution in [3.05, 3.63) is 71.4 Å². The van der Waals surface area contributed by atoms with Crippen LogP contribution in [0, 0.1) is 5.41 Å². The van der Waals surface area contributed by atoms with E-state index in [4.69, 9.17) is 17.0 Å². The average Bonchev–Trinajstić information content (AvgIpc) is 2.67. The molecule has 2 aromatic carbocycles. The molecule has 1 aliphatic heterocycles. The third kappa shape index (κ3) is 3.69. The molecule has 1 amide bonds. The van der Waals surface area contributed by atoms with Crippen molar-refractivity contribution >= 4 is 29.4 Å². The van der Waals surface area contributed by atoms with Crippen molar-refractivity contribution in [2.45, 2.75) is 6.42 Å².